The molecule has 25 heavy (non-hydrogen) atoms. The summed E-state index contributed by atoms with van der Waals surface area (Å²) < 4.78 is 0. The first-order valence-electron chi connectivity index (χ1n) is 9.05. The Morgan fingerprint density at radius 1 is 1.28 bits per heavy atom. The highest BCUT2D eigenvalue weighted by Gasteiger charge is 2.32. The van der Waals surface area contributed by atoms with Gasteiger partial charge in [0.2, 0.25) is 0 Å². The van der Waals surface area contributed by atoms with E-state index in [0.29, 0.717) is 6.04 Å². The fourth-order valence-corrected chi connectivity index (χ4v) is 3.56. The number of benzene rings is 1. The maximum Gasteiger partial charge on any atom is 0.193 e. The Balaban J connectivity index is 0.00000225. The van der Waals surface area contributed by atoms with Gasteiger partial charge in [-0.2, -0.15) is 0 Å². The number of likely N-dealkylation sites (N-methyl/N-ethyl adjacent to an activating group) is 1. The molecule has 3 rings (SSSR count). The summed E-state index contributed by atoms with van der Waals surface area (Å²) in [5, 5.41) is 3.60. The summed E-state index contributed by atoms with van der Waals surface area (Å²) in [5.41, 5.74) is 2.80. The highest BCUT2D eigenvalue weighted by molar-refractivity contribution is 14.0. The third-order valence-electron chi connectivity index (χ3n) is 5.16. The minimum atomic E-state index is 0. The van der Waals surface area contributed by atoms with E-state index in [4.69, 9.17) is 0 Å². The van der Waals surface area contributed by atoms with Crippen LogP contribution in [0.25, 0.3) is 5.57 Å². The Morgan fingerprint density at radius 3 is 2.52 bits per heavy atom. The van der Waals surface area contributed by atoms with E-state index in [0.717, 1.165) is 37.9 Å². The van der Waals surface area contributed by atoms with Crippen molar-refractivity contribution in [2.75, 3.05) is 40.8 Å². The number of nitrogens with one attached hydrogen (secondary N) is 1. The van der Waals surface area contributed by atoms with E-state index in [9.17, 15) is 0 Å². The van der Waals surface area contributed by atoms with Crippen LogP contribution in [0, 0.1) is 5.92 Å². The molecular formula is C20H31IN4. The van der Waals surface area contributed by atoms with Crippen LogP contribution in [0.15, 0.2) is 41.4 Å². The maximum absolute atomic E-state index is 4.50. The van der Waals surface area contributed by atoms with Crippen molar-refractivity contribution in [3.05, 3.63) is 42.0 Å². The van der Waals surface area contributed by atoms with Crippen LogP contribution < -0.4 is 5.32 Å². The predicted molar refractivity (Wildman–Crippen MR) is 118 cm³/mol. The first-order valence-corrected chi connectivity index (χ1v) is 9.05. The summed E-state index contributed by atoms with van der Waals surface area (Å²) >= 11 is 0. The largest absolute Gasteiger partial charge is 0.355 e. The molecule has 138 valence electrons. The lowest BCUT2D eigenvalue weighted by Gasteiger charge is -2.32. The molecular weight excluding hydrogens is 423 g/mol. The van der Waals surface area contributed by atoms with Gasteiger partial charge in [-0.05, 0) is 50.4 Å². The lowest BCUT2D eigenvalue weighted by Crippen LogP contribution is -2.48. The first-order chi connectivity index (χ1) is 11.7. The zero-order chi connectivity index (χ0) is 16.9. The number of nitrogens with zero attached hydrogens (tertiary/aromatic N) is 3. The van der Waals surface area contributed by atoms with Crippen LogP contribution in [-0.2, 0) is 0 Å². The van der Waals surface area contributed by atoms with E-state index in [1.807, 2.05) is 7.05 Å². The average Bonchev–Trinajstić information content (AvgIpc) is 3.44. The molecule has 5 heteroatoms. The van der Waals surface area contributed by atoms with Gasteiger partial charge >= 0.3 is 0 Å². The molecule has 1 fully saturated rings. The number of hydrogen-bond acceptors (Lipinski definition) is 2. The van der Waals surface area contributed by atoms with Gasteiger partial charge in [0.15, 0.2) is 5.96 Å². The zero-order valence-electron chi connectivity index (χ0n) is 15.6. The van der Waals surface area contributed by atoms with Gasteiger partial charge in [0.1, 0.15) is 0 Å². The second-order valence-corrected chi connectivity index (χ2v) is 7.09. The Morgan fingerprint density at radius 2 is 2.00 bits per heavy atom. The zero-order valence-corrected chi connectivity index (χ0v) is 17.9. The van der Waals surface area contributed by atoms with Crippen molar-refractivity contribution < 1.29 is 0 Å². The summed E-state index contributed by atoms with van der Waals surface area (Å²) in [6.07, 6.45) is 6.16. The summed E-state index contributed by atoms with van der Waals surface area (Å²) in [7, 11) is 6.26. The van der Waals surface area contributed by atoms with Crippen LogP contribution in [0.3, 0.4) is 0 Å². The van der Waals surface area contributed by atoms with Gasteiger partial charge in [-0.15, -0.1) is 24.0 Å². The van der Waals surface area contributed by atoms with Crippen LogP contribution >= 0.6 is 24.0 Å². The SMILES string of the molecule is CN=C(NCC(C1CC1)N(C)C)N1CC=C(c2ccccc2)CC1.I. The van der Waals surface area contributed by atoms with E-state index in [-0.39, 0.29) is 24.0 Å². The Labute approximate surface area is 169 Å². The van der Waals surface area contributed by atoms with Crippen molar-refractivity contribution in [1.82, 2.24) is 15.1 Å². The number of aliphatic imine (C=N–C) groups is 1. The fraction of sp³-hybridized carbons (Fsp3) is 0.550. The van der Waals surface area contributed by atoms with Crippen LogP contribution in [0.1, 0.15) is 24.8 Å². The van der Waals surface area contributed by atoms with Crippen LogP contribution in [0.2, 0.25) is 0 Å². The van der Waals surface area contributed by atoms with E-state index in [2.05, 4.69) is 70.6 Å². The van der Waals surface area contributed by atoms with Gasteiger partial charge in [0.25, 0.3) is 0 Å². The highest BCUT2D eigenvalue weighted by atomic mass is 127. The number of guanidine groups is 1. The van der Waals surface area contributed by atoms with Crippen molar-refractivity contribution in [2.24, 2.45) is 10.9 Å². The molecule has 1 aromatic carbocycles. The Bertz CT molecular complexity index is 591. The molecule has 4 nitrogen and oxygen atoms in total. The third kappa shape index (κ3) is 5.45. The minimum absolute atomic E-state index is 0. The number of halogens is 1. The molecule has 0 aromatic heterocycles. The van der Waals surface area contributed by atoms with Crippen molar-refractivity contribution in [3.63, 3.8) is 0 Å². The van der Waals surface area contributed by atoms with E-state index < -0.39 is 0 Å². The summed E-state index contributed by atoms with van der Waals surface area (Å²) in [5.74, 6) is 1.89. The van der Waals surface area contributed by atoms with Crippen LogP contribution in [0.4, 0.5) is 0 Å². The molecule has 0 radical (unpaired) electrons. The normalized spacial score (nSPS) is 19.3. The quantitative estimate of drug-likeness (QED) is 0.421. The molecule has 1 unspecified atom stereocenters. The molecule has 1 aliphatic carbocycles. The molecule has 0 spiro atoms. The van der Waals surface area contributed by atoms with Crippen LogP contribution in [-0.4, -0.2) is 62.6 Å². The molecule has 0 bridgehead atoms. The molecule has 1 N–H and O–H groups in total. The van der Waals surface area contributed by atoms with Crippen molar-refractivity contribution in [3.8, 4) is 0 Å². The molecule has 0 amide bonds. The predicted octanol–water partition coefficient (Wildman–Crippen LogP) is 3.31. The van der Waals surface area contributed by atoms with Gasteiger partial charge in [-0.3, -0.25) is 4.99 Å². The molecule has 1 heterocycles. The fourth-order valence-electron chi connectivity index (χ4n) is 3.56. The standard InChI is InChI=1S/C20H30N4.HI/c1-21-20(22-15-19(23(2)3)18-9-10-18)24-13-11-17(12-14-24)16-7-5-4-6-8-16;/h4-8,11,18-19H,9-10,12-15H2,1-3H3,(H,21,22);1H. The lowest BCUT2D eigenvalue weighted by molar-refractivity contribution is 0.261. The van der Waals surface area contributed by atoms with Crippen molar-refractivity contribution in [2.45, 2.75) is 25.3 Å². The summed E-state index contributed by atoms with van der Waals surface area (Å²) in [6.45, 7) is 2.94. The second kappa shape index (κ2) is 9.57. The van der Waals surface area contributed by atoms with Gasteiger partial charge in [0, 0.05) is 32.7 Å². The number of rotatable bonds is 5. The average molecular weight is 454 g/mol. The van der Waals surface area contributed by atoms with Crippen molar-refractivity contribution in [1.29, 1.82) is 0 Å². The van der Waals surface area contributed by atoms with E-state index in [1.54, 1.807) is 0 Å². The van der Waals surface area contributed by atoms with Gasteiger partial charge < -0.3 is 15.1 Å². The molecule has 1 aromatic rings. The van der Waals surface area contributed by atoms with Crippen molar-refractivity contribution >= 4 is 35.5 Å². The number of hydrogen-bond donors (Lipinski definition) is 1. The van der Waals surface area contributed by atoms with E-state index in [1.165, 1.54) is 24.0 Å². The van der Waals surface area contributed by atoms with Gasteiger partial charge in [-0.1, -0.05) is 36.4 Å². The maximum atomic E-state index is 4.50. The topological polar surface area (TPSA) is 30.9 Å². The smallest absolute Gasteiger partial charge is 0.193 e. The van der Waals surface area contributed by atoms with E-state index >= 15 is 0 Å². The first kappa shape index (κ1) is 20.2. The Hall–Kier alpha value is -1.08. The summed E-state index contributed by atoms with van der Waals surface area (Å²) in [6, 6.07) is 11.3. The van der Waals surface area contributed by atoms with Crippen LogP contribution in [0.5, 0.6) is 0 Å². The summed E-state index contributed by atoms with van der Waals surface area (Å²) in [4.78, 5) is 9.21. The molecule has 2 aliphatic rings. The molecule has 0 saturated heterocycles. The van der Waals surface area contributed by atoms with Gasteiger partial charge in [-0.25, -0.2) is 0 Å². The molecule has 1 aliphatic heterocycles. The highest BCUT2D eigenvalue weighted by Crippen LogP contribution is 2.34. The second-order valence-electron chi connectivity index (χ2n) is 7.09. The minimum Gasteiger partial charge on any atom is -0.355 e. The van der Waals surface area contributed by atoms with Gasteiger partial charge in [0.05, 0.1) is 0 Å². The molecule has 1 atom stereocenters. The Kier molecular flexibility index (Phi) is 7.75. The lowest BCUT2D eigenvalue weighted by atomic mass is 10.00. The third-order valence-corrected chi connectivity index (χ3v) is 5.16. The monoisotopic (exact) mass is 454 g/mol. The molecule has 1 saturated carbocycles.